The van der Waals surface area contributed by atoms with Crippen LogP contribution in [0.3, 0.4) is 0 Å². The van der Waals surface area contributed by atoms with Gasteiger partial charge in [0.25, 0.3) is 0 Å². The summed E-state index contributed by atoms with van der Waals surface area (Å²) in [4.78, 5) is 15.6. The van der Waals surface area contributed by atoms with Crippen LogP contribution < -0.4 is 0 Å². The second kappa shape index (κ2) is 4.49. The van der Waals surface area contributed by atoms with Crippen LogP contribution in [0, 0.1) is 6.92 Å². The lowest BCUT2D eigenvalue weighted by molar-refractivity contribution is 0.0697. The van der Waals surface area contributed by atoms with Gasteiger partial charge in [-0.1, -0.05) is 24.3 Å². The molecule has 0 spiro atoms. The van der Waals surface area contributed by atoms with Crippen LogP contribution in [0.15, 0.2) is 42.5 Å². The van der Waals surface area contributed by atoms with Gasteiger partial charge in [0, 0.05) is 12.6 Å². The van der Waals surface area contributed by atoms with Crippen molar-refractivity contribution in [2.45, 2.75) is 6.92 Å². The monoisotopic (exact) mass is 266 g/mol. The van der Waals surface area contributed by atoms with E-state index in [1.165, 1.54) is 0 Å². The first-order valence-corrected chi connectivity index (χ1v) is 6.33. The van der Waals surface area contributed by atoms with Crippen LogP contribution >= 0.6 is 0 Å². The fourth-order valence-corrected chi connectivity index (χ4v) is 2.40. The molecule has 0 radical (unpaired) electrons. The molecule has 1 aromatic heterocycles. The molecule has 0 saturated carbocycles. The molecule has 20 heavy (non-hydrogen) atoms. The number of carboxylic acid groups (broad SMARTS) is 1. The van der Waals surface area contributed by atoms with Crippen molar-refractivity contribution in [1.29, 1.82) is 0 Å². The molecule has 4 nitrogen and oxygen atoms in total. The Morgan fingerprint density at radius 3 is 2.65 bits per heavy atom. The van der Waals surface area contributed by atoms with Crippen molar-refractivity contribution < 1.29 is 9.90 Å². The van der Waals surface area contributed by atoms with Crippen LogP contribution in [0.4, 0.5) is 0 Å². The lowest BCUT2D eigenvalue weighted by Gasteiger charge is -2.05. The molecule has 0 amide bonds. The number of aromatic carboxylic acids is 1. The minimum atomic E-state index is -0.935. The van der Waals surface area contributed by atoms with E-state index >= 15 is 0 Å². The van der Waals surface area contributed by atoms with E-state index < -0.39 is 5.97 Å². The quantitative estimate of drug-likeness (QED) is 0.774. The Labute approximate surface area is 116 Å². The summed E-state index contributed by atoms with van der Waals surface area (Å²) >= 11 is 0. The summed E-state index contributed by atoms with van der Waals surface area (Å²) in [6.45, 7) is 2.04. The molecule has 2 aromatic carbocycles. The number of benzene rings is 2. The molecule has 1 N–H and O–H groups in total. The molecule has 3 aromatic rings. The first-order valence-electron chi connectivity index (χ1n) is 6.33. The summed E-state index contributed by atoms with van der Waals surface area (Å²) < 4.78 is 1.99. The Bertz CT molecular complexity index is 818. The Balaban J connectivity index is 2.26. The normalized spacial score (nSPS) is 10.9. The number of imidazole rings is 1. The van der Waals surface area contributed by atoms with Crippen LogP contribution in [0.25, 0.3) is 22.4 Å². The zero-order valence-electron chi connectivity index (χ0n) is 11.3. The number of carbonyl (C=O) groups is 1. The van der Waals surface area contributed by atoms with Crippen LogP contribution in [-0.2, 0) is 7.05 Å². The third-order valence-electron chi connectivity index (χ3n) is 3.51. The number of fused-ring (bicyclic) bond motifs is 1. The number of rotatable bonds is 2. The highest BCUT2D eigenvalue weighted by Crippen LogP contribution is 2.26. The van der Waals surface area contributed by atoms with Crippen LogP contribution in [0.1, 0.15) is 15.9 Å². The number of nitrogens with zero attached hydrogens (tertiary/aromatic N) is 2. The average Bonchev–Trinajstić information content (AvgIpc) is 2.76. The molecule has 0 atom stereocenters. The fraction of sp³-hybridized carbons (Fsp3) is 0.125. The Morgan fingerprint density at radius 2 is 1.95 bits per heavy atom. The van der Waals surface area contributed by atoms with Gasteiger partial charge in [-0.2, -0.15) is 0 Å². The highest BCUT2D eigenvalue weighted by atomic mass is 16.4. The molecular weight excluding hydrogens is 252 g/mol. The Morgan fingerprint density at radius 1 is 1.20 bits per heavy atom. The molecule has 3 rings (SSSR count). The highest BCUT2D eigenvalue weighted by Gasteiger charge is 2.13. The maximum absolute atomic E-state index is 11.0. The maximum atomic E-state index is 11.0. The van der Waals surface area contributed by atoms with Gasteiger partial charge in [-0.25, -0.2) is 9.78 Å². The van der Waals surface area contributed by atoms with E-state index in [0.29, 0.717) is 5.52 Å². The standard InChI is InChI=1S/C16H14N2O2/c1-10-5-3-4-6-12(10)15-17-13-9-11(16(19)20)7-8-14(13)18(15)2/h3-9H,1-2H3,(H,19,20). The predicted octanol–water partition coefficient (Wildman–Crippen LogP) is 3.25. The van der Waals surface area contributed by atoms with Crippen LogP contribution in [-0.4, -0.2) is 20.6 Å². The van der Waals surface area contributed by atoms with Crippen LogP contribution in [0.5, 0.6) is 0 Å². The van der Waals surface area contributed by atoms with E-state index in [0.717, 1.165) is 22.5 Å². The molecule has 1 heterocycles. The molecule has 0 bridgehead atoms. The van der Waals surface area contributed by atoms with Gasteiger partial charge in [-0.05, 0) is 30.7 Å². The molecule has 0 aliphatic heterocycles. The van der Waals surface area contributed by atoms with Gasteiger partial charge in [0.1, 0.15) is 5.82 Å². The number of aryl methyl sites for hydroxylation is 2. The third-order valence-corrected chi connectivity index (χ3v) is 3.51. The SMILES string of the molecule is Cc1ccccc1-c1nc2cc(C(=O)O)ccc2n1C. The summed E-state index contributed by atoms with van der Waals surface area (Å²) in [5, 5.41) is 9.05. The fourth-order valence-electron chi connectivity index (χ4n) is 2.40. The van der Waals surface area contributed by atoms with Crippen molar-refractivity contribution in [2.24, 2.45) is 7.05 Å². The van der Waals surface area contributed by atoms with Gasteiger partial charge < -0.3 is 9.67 Å². The predicted molar refractivity (Wildman–Crippen MR) is 77.8 cm³/mol. The van der Waals surface area contributed by atoms with Gasteiger partial charge in [-0.3, -0.25) is 0 Å². The summed E-state index contributed by atoms with van der Waals surface area (Å²) in [6.07, 6.45) is 0. The average molecular weight is 266 g/mol. The zero-order valence-corrected chi connectivity index (χ0v) is 11.3. The van der Waals surface area contributed by atoms with Crippen LogP contribution in [0.2, 0.25) is 0 Å². The topological polar surface area (TPSA) is 55.1 Å². The molecule has 0 saturated heterocycles. The summed E-state index contributed by atoms with van der Waals surface area (Å²) in [6, 6.07) is 13.0. The largest absolute Gasteiger partial charge is 0.478 e. The maximum Gasteiger partial charge on any atom is 0.335 e. The van der Waals surface area contributed by atoms with Crippen molar-refractivity contribution in [3.05, 3.63) is 53.6 Å². The van der Waals surface area contributed by atoms with Crippen molar-refractivity contribution in [3.8, 4) is 11.4 Å². The second-order valence-electron chi connectivity index (χ2n) is 4.82. The smallest absolute Gasteiger partial charge is 0.335 e. The highest BCUT2D eigenvalue weighted by molar-refractivity contribution is 5.93. The number of carboxylic acids is 1. The molecule has 0 aliphatic carbocycles. The lowest BCUT2D eigenvalue weighted by atomic mass is 10.1. The van der Waals surface area contributed by atoms with Crippen molar-refractivity contribution in [2.75, 3.05) is 0 Å². The molecule has 100 valence electrons. The molecule has 0 fully saturated rings. The number of aromatic nitrogens is 2. The first kappa shape index (κ1) is 12.4. The van der Waals surface area contributed by atoms with Gasteiger partial charge >= 0.3 is 5.97 Å². The van der Waals surface area contributed by atoms with Gasteiger partial charge in [0.15, 0.2) is 0 Å². The van der Waals surface area contributed by atoms with Gasteiger partial charge in [0.2, 0.25) is 0 Å². The lowest BCUT2D eigenvalue weighted by Crippen LogP contribution is -1.96. The van der Waals surface area contributed by atoms with Crippen molar-refractivity contribution in [1.82, 2.24) is 9.55 Å². The van der Waals surface area contributed by atoms with E-state index in [4.69, 9.17) is 5.11 Å². The summed E-state index contributed by atoms with van der Waals surface area (Å²) in [5.41, 5.74) is 4.08. The van der Waals surface area contributed by atoms with Gasteiger partial charge in [0.05, 0.1) is 16.6 Å². The molecule has 0 unspecified atom stereocenters. The van der Waals surface area contributed by atoms with E-state index in [2.05, 4.69) is 4.98 Å². The first-order chi connectivity index (χ1) is 9.58. The van der Waals surface area contributed by atoms with E-state index in [-0.39, 0.29) is 5.56 Å². The van der Waals surface area contributed by atoms with E-state index in [9.17, 15) is 4.79 Å². The van der Waals surface area contributed by atoms with Crippen molar-refractivity contribution in [3.63, 3.8) is 0 Å². The third kappa shape index (κ3) is 1.86. The number of hydrogen-bond donors (Lipinski definition) is 1. The number of hydrogen-bond acceptors (Lipinski definition) is 2. The molecule has 0 aliphatic rings. The summed E-state index contributed by atoms with van der Waals surface area (Å²) in [7, 11) is 1.94. The van der Waals surface area contributed by atoms with Crippen molar-refractivity contribution >= 4 is 17.0 Å². The molecular formula is C16H14N2O2. The van der Waals surface area contributed by atoms with E-state index in [1.54, 1.807) is 18.2 Å². The minimum Gasteiger partial charge on any atom is -0.478 e. The van der Waals surface area contributed by atoms with E-state index in [1.807, 2.05) is 42.8 Å². The minimum absolute atomic E-state index is 0.256. The zero-order chi connectivity index (χ0) is 14.3. The summed E-state index contributed by atoms with van der Waals surface area (Å²) in [5.74, 6) is -0.0874. The second-order valence-corrected chi connectivity index (χ2v) is 4.82. The Kier molecular flexibility index (Phi) is 2.79. The van der Waals surface area contributed by atoms with Gasteiger partial charge in [-0.15, -0.1) is 0 Å². The Hall–Kier alpha value is -2.62. The molecule has 4 heteroatoms.